The number of aromatic nitrogens is 2. The van der Waals surface area contributed by atoms with Crippen molar-refractivity contribution in [2.45, 2.75) is 70.6 Å². The standard InChI is InChI=1S/C28H32FIN2/c1-3-5-7-9-20-12-13-22(29)17-24(20)26-19-31-27(32-26)28(15-6-4-2)16-14-23-21(18-28)10-8-11-25(23)30/h8,10-14,16-17,19H,3-7,9,15,18H2,1-2H3,(H,31,32). The van der Waals surface area contributed by atoms with Crippen LogP contribution in [0.5, 0.6) is 0 Å². The largest absolute Gasteiger partial charge is 0.341 e. The number of H-pyrrole nitrogens is 1. The number of hydrogen-bond acceptors (Lipinski definition) is 1. The van der Waals surface area contributed by atoms with E-state index < -0.39 is 0 Å². The molecule has 0 fully saturated rings. The van der Waals surface area contributed by atoms with Gasteiger partial charge in [0.1, 0.15) is 11.6 Å². The van der Waals surface area contributed by atoms with E-state index in [4.69, 9.17) is 4.98 Å². The molecule has 1 unspecified atom stereocenters. The Balaban J connectivity index is 1.70. The first kappa shape index (κ1) is 23.2. The van der Waals surface area contributed by atoms with Gasteiger partial charge in [0, 0.05) is 9.13 Å². The summed E-state index contributed by atoms with van der Waals surface area (Å²) in [6.45, 7) is 4.44. The molecule has 4 rings (SSSR count). The minimum atomic E-state index is -0.197. The molecule has 0 saturated heterocycles. The molecule has 1 aromatic heterocycles. The molecule has 0 saturated carbocycles. The number of hydrogen-bond donors (Lipinski definition) is 1. The van der Waals surface area contributed by atoms with Gasteiger partial charge in [-0.3, -0.25) is 0 Å². The monoisotopic (exact) mass is 542 g/mol. The van der Waals surface area contributed by atoms with E-state index in [1.807, 2.05) is 12.3 Å². The highest BCUT2D eigenvalue weighted by molar-refractivity contribution is 14.1. The summed E-state index contributed by atoms with van der Waals surface area (Å²) in [4.78, 5) is 8.49. The molecule has 32 heavy (non-hydrogen) atoms. The van der Waals surface area contributed by atoms with Crippen LogP contribution in [0, 0.1) is 9.39 Å². The van der Waals surface area contributed by atoms with E-state index in [-0.39, 0.29) is 11.2 Å². The lowest BCUT2D eigenvalue weighted by molar-refractivity contribution is 0.441. The molecule has 1 N–H and O–H groups in total. The number of benzene rings is 2. The Morgan fingerprint density at radius 2 is 1.94 bits per heavy atom. The average molecular weight is 542 g/mol. The van der Waals surface area contributed by atoms with E-state index >= 15 is 0 Å². The number of imidazole rings is 1. The first-order valence-corrected chi connectivity index (χ1v) is 12.9. The van der Waals surface area contributed by atoms with Crippen LogP contribution < -0.4 is 0 Å². The molecule has 0 aliphatic heterocycles. The number of fused-ring (bicyclic) bond motifs is 1. The summed E-state index contributed by atoms with van der Waals surface area (Å²) < 4.78 is 15.5. The molecule has 2 aromatic carbocycles. The molecule has 1 atom stereocenters. The molecule has 1 heterocycles. The minimum absolute atomic E-state index is 0.151. The SMILES string of the molecule is CCCCCc1ccc(F)cc1-c1cnc(C2(CCCC)C=Cc3c(I)cccc3C2)[nH]1. The summed E-state index contributed by atoms with van der Waals surface area (Å²) in [5.74, 6) is 0.794. The molecule has 3 aromatic rings. The minimum Gasteiger partial charge on any atom is -0.341 e. The number of rotatable bonds is 9. The van der Waals surface area contributed by atoms with Crippen LogP contribution in [0.4, 0.5) is 4.39 Å². The van der Waals surface area contributed by atoms with Crippen LogP contribution in [0.1, 0.15) is 74.9 Å². The van der Waals surface area contributed by atoms with Crippen molar-refractivity contribution in [3.05, 3.63) is 80.6 Å². The summed E-state index contributed by atoms with van der Waals surface area (Å²) in [5, 5.41) is 0. The Bertz CT molecular complexity index is 1100. The Morgan fingerprint density at radius 1 is 1.09 bits per heavy atom. The fourth-order valence-electron chi connectivity index (χ4n) is 4.80. The van der Waals surface area contributed by atoms with Gasteiger partial charge in [-0.05, 0) is 83.2 Å². The van der Waals surface area contributed by atoms with E-state index in [2.05, 4.69) is 71.8 Å². The van der Waals surface area contributed by atoms with Crippen LogP contribution in [0.3, 0.4) is 0 Å². The second-order valence-corrected chi connectivity index (χ2v) is 10.1. The van der Waals surface area contributed by atoms with E-state index in [1.165, 1.54) is 33.1 Å². The van der Waals surface area contributed by atoms with Gasteiger partial charge in [-0.1, -0.05) is 69.9 Å². The molecular weight excluding hydrogens is 510 g/mol. The van der Waals surface area contributed by atoms with E-state index in [0.717, 1.165) is 55.6 Å². The van der Waals surface area contributed by atoms with Crippen LogP contribution >= 0.6 is 22.6 Å². The van der Waals surface area contributed by atoms with Gasteiger partial charge < -0.3 is 4.98 Å². The summed E-state index contributed by atoms with van der Waals surface area (Å²) in [6, 6.07) is 11.7. The maximum Gasteiger partial charge on any atom is 0.123 e. The smallest absolute Gasteiger partial charge is 0.123 e. The topological polar surface area (TPSA) is 28.7 Å². The van der Waals surface area contributed by atoms with Gasteiger partial charge in [-0.2, -0.15) is 0 Å². The lowest BCUT2D eigenvalue weighted by Gasteiger charge is -2.33. The van der Waals surface area contributed by atoms with Crippen molar-refractivity contribution >= 4 is 28.7 Å². The third kappa shape index (κ3) is 4.85. The Labute approximate surface area is 204 Å². The molecular formula is C28H32FIN2. The van der Waals surface area contributed by atoms with Gasteiger partial charge >= 0.3 is 0 Å². The summed E-state index contributed by atoms with van der Waals surface area (Å²) >= 11 is 2.42. The maximum atomic E-state index is 14.2. The predicted molar refractivity (Wildman–Crippen MR) is 140 cm³/mol. The molecule has 0 spiro atoms. The van der Waals surface area contributed by atoms with Gasteiger partial charge in [0.05, 0.1) is 17.3 Å². The van der Waals surface area contributed by atoms with E-state index in [0.29, 0.717) is 0 Å². The molecule has 2 nitrogen and oxygen atoms in total. The van der Waals surface area contributed by atoms with Crippen molar-refractivity contribution in [2.24, 2.45) is 0 Å². The summed E-state index contributed by atoms with van der Waals surface area (Å²) in [7, 11) is 0. The van der Waals surface area contributed by atoms with Crippen LogP contribution in [0.2, 0.25) is 0 Å². The Kier molecular flexibility index (Phi) is 7.49. The first-order valence-electron chi connectivity index (χ1n) is 11.9. The number of halogens is 2. The molecule has 1 aliphatic carbocycles. The van der Waals surface area contributed by atoms with Crippen molar-refractivity contribution in [2.75, 3.05) is 0 Å². The van der Waals surface area contributed by atoms with Gasteiger partial charge in [-0.25, -0.2) is 9.37 Å². The molecule has 168 valence electrons. The third-order valence-corrected chi connectivity index (χ3v) is 7.59. The highest BCUT2D eigenvalue weighted by Crippen LogP contribution is 2.40. The second-order valence-electron chi connectivity index (χ2n) is 8.99. The van der Waals surface area contributed by atoms with E-state index in [9.17, 15) is 4.39 Å². The predicted octanol–water partition coefficient (Wildman–Crippen LogP) is 8.25. The number of allylic oxidation sites excluding steroid dienone is 1. The number of aromatic amines is 1. The zero-order chi connectivity index (χ0) is 22.6. The fraction of sp³-hybridized carbons (Fsp3) is 0.393. The number of nitrogens with zero attached hydrogens (tertiary/aromatic N) is 1. The Morgan fingerprint density at radius 3 is 2.75 bits per heavy atom. The molecule has 0 bridgehead atoms. The zero-order valence-corrected chi connectivity index (χ0v) is 21.2. The van der Waals surface area contributed by atoms with Crippen molar-refractivity contribution in [1.82, 2.24) is 9.97 Å². The second kappa shape index (κ2) is 10.3. The van der Waals surface area contributed by atoms with Gasteiger partial charge in [0.2, 0.25) is 0 Å². The highest BCUT2D eigenvalue weighted by atomic mass is 127. The van der Waals surface area contributed by atoms with Crippen molar-refractivity contribution in [3.8, 4) is 11.3 Å². The molecule has 4 heteroatoms. The third-order valence-electron chi connectivity index (χ3n) is 6.65. The van der Waals surface area contributed by atoms with Crippen LogP contribution in [-0.2, 0) is 18.3 Å². The normalized spacial score (nSPS) is 17.5. The summed E-state index contributed by atoms with van der Waals surface area (Å²) in [6.07, 6.45) is 15.2. The zero-order valence-electron chi connectivity index (χ0n) is 19.1. The average Bonchev–Trinajstić information content (AvgIpc) is 3.30. The first-order chi connectivity index (χ1) is 15.6. The lowest BCUT2D eigenvalue weighted by Crippen LogP contribution is -2.30. The summed E-state index contributed by atoms with van der Waals surface area (Å²) in [5.41, 5.74) is 5.61. The van der Waals surface area contributed by atoms with Crippen molar-refractivity contribution in [1.29, 1.82) is 0 Å². The van der Waals surface area contributed by atoms with Crippen LogP contribution in [-0.4, -0.2) is 9.97 Å². The number of aryl methyl sites for hydroxylation is 1. The molecule has 0 radical (unpaired) electrons. The number of nitrogens with one attached hydrogen (secondary N) is 1. The van der Waals surface area contributed by atoms with Crippen molar-refractivity contribution < 1.29 is 4.39 Å². The van der Waals surface area contributed by atoms with Gasteiger partial charge in [0.15, 0.2) is 0 Å². The maximum absolute atomic E-state index is 14.2. The van der Waals surface area contributed by atoms with E-state index in [1.54, 1.807) is 12.1 Å². The molecule has 1 aliphatic rings. The fourth-order valence-corrected chi connectivity index (χ4v) is 5.54. The van der Waals surface area contributed by atoms with Crippen LogP contribution in [0.25, 0.3) is 17.3 Å². The quantitative estimate of drug-likeness (QED) is 0.214. The lowest BCUT2D eigenvalue weighted by atomic mass is 9.72. The van der Waals surface area contributed by atoms with Gasteiger partial charge in [0.25, 0.3) is 0 Å². The Hall–Kier alpha value is -1.95. The molecule has 0 amide bonds. The highest BCUT2D eigenvalue weighted by Gasteiger charge is 2.35. The van der Waals surface area contributed by atoms with Crippen LogP contribution in [0.15, 0.2) is 48.7 Å². The number of unbranched alkanes of at least 4 members (excludes halogenated alkanes) is 3. The van der Waals surface area contributed by atoms with Crippen molar-refractivity contribution in [3.63, 3.8) is 0 Å². The van der Waals surface area contributed by atoms with Gasteiger partial charge in [-0.15, -0.1) is 0 Å².